The molecule has 0 aromatic carbocycles. The van der Waals surface area contributed by atoms with Crippen molar-refractivity contribution in [3.63, 3.8) is 0 Å². The zero-order valence-electron chi connectivity index (χ0n) is 14.8. The minimum atomic E-state index is -3.46. The van der Waals surface area contributed by atoms with Gasteiger partial charge in [-0.15, -0.1) is 0 Å². The van der Waals surface area contributed by atoms with Crippen LogP contribution in [0.25, 0.3) is 0 Å². The number of aryl methyl sites for hydroxylation is 1. The second-order valence-corrected chi connectivity index (χ2v) is 9.37. The molecule has 1 fully saturated rings. The smallest absolute Gasteiger partial charge is 0.410 e. The van der Waals surface area contributed by atoms with Crippen molar-refractivity contribution >= 4 is 15.9 Å². The number of carbonyl (C=O) groups is 1. The van der Waals surface area contributed by atoms with Crippen LogP contribution in [-0.2, 0) is 14.6 Å². The lowest BCUT2D eigenvalue weighted by molar-refractivity contribution is 0.0176. The highest BCUT2D eigenvalue weighted by Gasteiger charge is 2.31. The molecule has 134 valence electrons. The van der Waals surface area contributed by atoms with Crippen molar-refractivity contribution in [3.05, 3.63) is 23.9 Å². The molecule has 2 rings (SSSR count). The average Bonchev–Trinajstić information content (AvgIpc) is 2.45. The third-order valence-electron chi connectivity index (χ3n) is 3.83. The molecule has 1 aliphatic rings. The Labute approximate surface area is 144 Å². The fourth-order valence-corrected chi connectivity index (χ4v) is 4.42. The summed E-state index contributed by atoms with van der Waals surface area (Å²) in [5, 5.41) is 0.108. The van der Waals surface area contributed by atoms with Crippen LogP contribution in [0.5, 0.6) is 0 Å². The third kappa shape index (κ3) is 5.19. The number of sulfone groups is 1. The Morgan fingerprint density at radius 2 is 2.12 bits per heavy atom. The van der Waals surface area contributed by atoms with Crippen LogP contribution in [-0.4, -0.2) is 48.8 Å². The Morgan fingerprint density at radius 1 is 1.42 bits per heavy atom. The van der Waals surface area contributed by atoms with Gasteiger partial charge in [0.1, 0.15) is 5.60 Å². The van der Waals surface area contributed by atoms with Gasteiger partial charge in [0.2, 0.25) is 0 Å². The predicted octanol–water partition coefficient (Wildman–Crippen LogP) is 2.81. The number of rotatable bonds is 3. The lowest BCUT2D eigenvalue weighted by Crippen LogP contribution is -2.44. The van der Waals surface area contributed by atoms with Gasteiger partial charge in [0.15, 0.2) is 14.9 Å². The molecule has 0 N–H and O–H groups in total. The van der Waals surface area contributed by atoms with Crippen LogP contribution < -0.4 is 0 Å². The summed E-state index contributed by atoms with van der Waals surface area (Å²) in [5.41, 5.74) is 0.310. The van der Waals surface area contributed by atoms with E-state index in [2.05, 4.69) is 4.98 Å². The van der Waals surface area contributed by atoms with Crippen LogP contribution in [0.4, 0.5) is 4.79 Å². The van der Waals surface area contributed by atoms with E-state index >= 15 is 0 Å². The zero-order chi connectivity index (χ0) is 18.0. The number of likely N-dealkylation sites (tertiary alicyclic amines) is 1. The number of aromatic nitrogens is 1. The average molecular weight is 354 g/mol. The number of carbonyl (C=O) groups excluding carboxylic acids is 1. The van der Waals surface area contributed by atoms with Gasteiger partial charge in [-0.25, -0.2) is 18.2 Å². The first-order chi connectivity index (χ1) is 11.1. The SMILES string of the molecule is Cc1ccnc(S(=O)(=O)C[C@H]2CCCN(C(=O)OC(C)(C)C)C2)c1. The molecule has 1 atom stereocenters. The summed E-state index contributed by atoms with van der Waals surface area (Å²) in [4.78, 5) is 17.8. The van der Waals surface area contributed by atoms with E-state index in [1.54, 1.807) is 17.0 Å². The molecule has 0 radical (unpaired) electrons. The van der Waals surface area contributed by atoms with Gasteiger partial charge in [0.05, 0.1) is 5.75 Å². The highest BCUT2D eigenvalue weighted by atomic mass is 32.2. The van der Waals surface area contributed by atoms with Crippen molar-refractivity contribution < 1.29 is 17.9 Å². The molecule has 6 nitrogen and oxygen atoms in total. The molecule has 0 unspecified atom stereocenters. The van der Waals surface area contributed by atoms with E-state index in [1.807, 2.05) is 27.7 Å². The van der Waals surface area contributed by atoms with Crippen molar-refractivity contribution in [2.24, 2.45) is 5.92 Å². The standard InChI is InChI=1S/C17H26N2O4S/c1-13-7-8-18-15(10-13)24(21,22)12-14-6-5-9-19(11-14)16(20)23-17(2,3)4/h7-8,10,14H,5-6,9,11-12H2,1-4H3/t14-/m0/s1. The first-order valence-electron chi connectivity index (χ1n) is 8.20. The highest BCUT2D eigenvalue weighted by Crippen LogP contribution is 2.23. The third-order valence-corrected chi connectivity index (χ3v) is 5.61. The van der Waals surface area contributed by atoms with Gasteiger partial charge in [-0.3, -0.25) is 0 Å². The van der Waals surface area contributed by atoms with E-state index in [0.29, 0.717) is 13.1 Å². The minimum absolute atomic E-state index is 0.00273. The molecule has 1 aromatic heterocycles. The van der Waals surface area contributed by atoms with Gasteiger partial charge >= 0.3 is 6.09 Å². The van der Waals surface area contributed by atoms with Gasteiger partial charge in [-0.1, -0.05) is 0 Å². The zero-order valence-corrected chi connectivity index (χ0v) is 15.6. The van der Waals surface area contributed by atoms with Crippen molar-refractivity contribution in [2.45, 2.75) is 51.2 Å². The Kier molecular flexibility index (Phi) is 5.52. The number of piperidine rings is 1. The Morgan fingerprint density at radius 3 is 2.75 bits per heavy atom. The number of ether oxygens (including phenoxy) is 1. The fraction of sp³-hybridized carbons (Fsp3) is 0.647. The summed E-state index contributed by atoms with van der Waals surface area (Å²) in [5.74, 6) is -0.0958. The van der Waals surface area contributed by atoms with E-state index in [9.17, 15) is 13.2 Å². The Bertz CT molecular complexity index is 695. The maximum atomic E-state index is 12.6. The number of pyridine rings is 1. The molecule has 0 aliphatic carbocycles. The molecule has 1 aromatic rings. The second-order valence-electron chi connectivity index (χ2n) is 7.39. The van der Waals surface area contributed by atoms with Crippen molar-refractivity contribution in [2.75, 3.05) is 18.8 Å². The second kappa shape index (κ2) is 7.09. The summed E-state index contributed by atoms with van der Waals surface area (Å²) in [6, 6.07) is 3.35. The topological polar surface area (TPSA) is 76.6 Å². The van der Waals surface area contributed by atoms with Gasteiger partial charge in [-0.2, -0.15) is 0 Å². The molecule has 0 saturated carbocycles. The van der Waals surface area contributed by atoms with Gasteiger partial charge in [0.25, 0.3) is 0 Å². The highest BCUT2D eigenvalue weighted by molar-refractivity contribution is 7.91. The molecule has 0 bridgehead atoms. The lowest BCUT2D eigenvalue weighted by Gasteiger charge is -2.34. The van der Waals surface area contributed by atoms with Crippen LogP contribution in [0, 0.1) is 12.8 Å². The number of hydrogen-bond acceptors (Lipinski definition) is 5. The molecule has 1 amide bonds. The predicted molar refractivity (Wildman–Crippen MR) is 91.6 cm³/mol. The van der Waals surface area contributed by atoms with E-state index in [0.717, 1.165) is 18.4 Å². The van der Waals surface area contributed by atoms with Gasteiger partial charge in [0, 0.05) is 19.3 Å². The Balaban J connectivity index is 2.03. The number of nitrogens with zero attached hydrogens (tertiary/aromatic N) is 2. The van der Waals surface area contributed by atoms with Crippen LogP contribution in [0.3, 0.4) is 0 Å². The van der Waals surface area contributed by atoms with Gasteiger partial charge in [-0.05, 0) is 64.2 Å². The molecule has 2 heterocycles. The first kappa shape index (κ1) is 18.7. The molecule has 7 heteroatoms. The summed E-state index contributed by atoms with van der Waals surface area (Å²) in [6.07, 6.45) is 2.69. The molecule has 24 heavy (non-hydrogen) atoms. The number of amides is 1. The molecule has 1 saturated heterocycles. The summed E-state index contributed by atoms with van der Waals surface area (Å²) in [6.45, 7) is 8.31. The van der Waals surface area contributed by atoms with E-state index in [1.165, 1.54) is 6.20 Å². The normalized spacial score (nSPS) is 19.2. The molecule has 1 aliphatic heterocycles. The van der Waals surface area contributed by atoms with Crippen LogP contribution in [0.1, 0.15) is 39.2 Å². The van der Waals surface area contributed by atoms with Crippen LogP contribution in [0.15, 0.2) is 23.4 Å². The largest absolute Gasteiger partial charge is 0.444 e. The Hall–Kier alpha value is -1.63. The van der Waals surface area contributed by atoms with E-state index < -0.39 is 15.4 Å². The molecular formula is C17H26N2O4S. The molecular weight excluding hydrogens is 328 g/mol. The van der Waals surface area contributed by atoms with Crippen molar-refractivity contribution in [1.29, 1.82) is 0 Å². The first-order valence-corrected chi connectivity index (χ1v) is 9.85. The van der Waals surface area contributed by atoms with Gasteiger partial charge < -0.3 is 9.64 Å². The molecule has 0 spiro atoms. The lowest BCUT2D eigenvalue weighted by atomic mass is 10.0. The van der Waals surface area contributed by atoms with E-state index in [-0.39, 0.29) is 22.8 Å². The van der Waals surface area contributed by atoms with E-state index in [4.69, 9.17) is 4.74 Å². The van der Waals surface area contributed by atoms with Crippen molar-refractivity contribution in [3.8, 4) is 0 Å². The summed E-state index contributed by atoms with van der Waals surface area (Å²) >= 11 is 0. The quantitative estimate of drug-likeness (QED) is 0.834. The van der Waals surface area contributed by atoms with Crippen molar-refractivity contribution in [1.82, 2.24) is 9.88 Å². The minimum Gasteiger partial charge on any atom is -0.444 e. The number of hydrogen-bond donors (Lipinski definition) is 0. The van der Waals surface area contributed by atoms with Crippen LogP contribution in [0.2, 0.25) is 0 Å². The summed E-state index contributed by atoms with van der Waals surface area (Å²) < 4.78 is 30.5. The monoisotopic (exact) mass is 354 g/mol. The maximum absolute atomic E-state index is 12.6. The van der Waals surface area contributed by atoms with Crippen LogP contribution >= 0.6 is 0 Å². The maximum Gasteiger partial charge on any atom is 0.410 e. The summed E-state index contributed by atoms with van der Waals surface area (Å²) in [7, 11) is -3.46. The fourth-order valence-electron chi connectivity index (χ4n) is 2.77.